The number of hydrogen-bond acceptors (Lipinski definition) is 14. The molecule has 298 valence electrons. The molecule has 5 amide bonds. The standard InChI is InChI=1S/C36H55N3O14/c1-45-12-13-47-16-17-49-20-21-51-24-25-53-27-26-52-23-22-50-19-18-48-15-14-46-11-4-2-3-8-31(40)37-29-7-5-6-28-33(29)36(44)39(35(28)43)30-9-10-32(41)38-34(30)42/h5-7,30H,2-4,8-27H2,1H3,(H,37,40)(H,38,41,42). The lowest BCUT2D eigenvalue weighted by Crippen LogP contribution is -2.54. The smallest absolute Gasteiger partial charge is 0.264 e. The molecule has 0 saturated carbocycles. The Kier molecular flexibility index (Phi) is 22.6. The molecule has 0 aliphatic carbocycles. The van der Waals surface area contributed by atoms with E-state index in [0.29, 0.717) is 119 Å². The van der Waals surface area contributed by atoms with Gasteiger partial charge in [0, 0.05) is 26.6 Å². The van der Waals surface area contributed by atoms with Crippen LogP contribution < -0.4 is 10.6 Å². The molecule has 17 heteroatoms. The molecule has 17 nitrogen and oxygen atoms in total. The fraction of sp³-hybridized carbons (Fsp3) is 0.694. The van der Waals surface area contributed by atoms with Crippen LogP contribution in [-0.4, -0.2) is 160 Å². The summed E-state index contributed by atoms with van der Waals surface area (Å²) < 4.78 is 48.5. The molecule has 2 N–H and O–H groups in total. The third-order valence-electron chi connectivity index (χ3n) is 7.97. The number of piperidine rings is 1. The molecule has 2 heterocycles. The van der Waals surface area contributed by atoms with Crippen molar-refractivity contribution < 1.29 is 66.6 Å². The number of methoxy groups -OCH3 is 1. The van der Waals surface area contributed by atoms with Crippen LogP contribution in [0.2, 0.25) is 0 Å². The predicted molar refractivity (Wildman–Crippen MR) is 189 cm³/mol. The van der Waals surface area contributed by atoms with E-state index in [4.69, 9.17) is 42.6 Å². The summed E-state index contributed by atoms with van der Waals surface area (Å²) >= 11 is 0. The van der Waals surface area contributed by atoms with E-state index >= 15 is 0 Å². The Bertz CT molecular complexity index is 1270. The third-order valence-corrected chi connectivity index (χ3v) is 7.97. The number of carbonyl (C=O) groups is 5. The zero-order valence-electron chi connectivity index (χ0n) is 30.7. The molecule has 1 fully saturated rings. The van der Waals surface area contributed by atoms with Crippen molar-refractivity contribution >= 4 is 35.2 Å². The van der Waals surface area contributed by atoms with Crippen LogP contribution in [-0.2, 0) is 57.0 Å². The molecular weight excluding hydrogens is 698 g/mol. The largest absolute Gasteiger partial charge is 0.382 e. The molecule has 0 bridgehead atoms. The second-order valence-electron chi connectivity index (χ2n) is 11.9. The molecule has 0 aromatic heterocycles. The van der Waals surface area contributed by atoms with Gasteiger partial charge in [0.25, 0.3) is 11.8 Å². The van der Waals surface area contributed by atoms with Gasteiger partial charge in [-0.1, -0.05) is 12.5 Å². The van der Waals surface area contributed by atoms with Gasteiger partial charge in [0.1, 0.15) is 6.04 Å². The number of imide groups is 2. The van der Waals surface area contributed by atoms with Crippen LogP contribution in [0.4, 0.5) is 5.69 Å². The highest BCUT2D eigenvalue weighted by Gasteiger charge is 2.45. The first-order valence-electron chi connectivity index (χ1n) is 18.2. The molecule has 0 radical (unpaired) electrons. The van der Waals surface area contributed by atoms with E-state index in [1.165, 1.54) is 6.07 Å². The molecule has 1 aromatic carbocycles. The number of hydrogen-bond donors (Lipinski definition) is 2. The van der Waals surface area contributed by atoms with Crippen LogP contribution in [0, 0.1) is 0 Å². The third kappa shape index (κ3) is 17.1. The number of unbranched alkanes of at least 4 members (excludes halogenated alkanes) is 2. The van der Waals surface area contributed by atoms with Crippen molar-refractivity contribution in [3.05, 3.63) is 29.3 Å². The fourth-order valence-electron chi connectivity index (χ4n) is 5.28. The summed E-state index contributed by atoms with van der Waals surface area (Å²) in [6, 6.07) is 3.53. The van der Waals surface area contributed by atoms with Crippen molar-refractivity contribution in [2.24, 2.45) is 0 Å². The monoisotopic (exact) mass is 753 g/mol. The van der Waals surface area contributed by atoms with Crippen LogP contribution in [0.15, 0.2) is 18.2 Å². The summed E-state index contributed by atoms with van der Waals surface area (Å²) in [6.45, 7) is 8.46. The lowest BCUT2D eigenvalue weighted by molar-refractivity contribution is -0.136. The number of fused-ring (bicyclic) bond motifs is 1. The van der Waals surface area contributed by atoms with Crippen molar-refractivity contribution in [2.45, 2.75) is 44.6 Å². The van der Waals surface area contributed by atoms with Gasteiger partial charge in [-0.25, -0.2) is 0 Å². The number of nitrogens with zero attached hydrogens (tertiary/aromatic N) is 1. The van der Waals surface area contributed by atoms with E-state index in [0.717, 1.165) is 17.7 Å². The van der Waals surface area contributed by atoms with Crippen molar-refractivity contribution in [1.82, 2.24) is 10.2 Å². The van der Waals surface area contributed by atoms with Gasteiger partial charge in [-0.05, 0) is 31.4 Å². The Morgan fingerprint density at radius 2 is 1.15 bits per heavy atom. The van der Waals surface area contributed by atoms with E-state index in [2.05, 4.69) is 10.6 Å². The van der Waals surface area contributed by atoms with Gasteiger partial charge < -0.3 is 47.9 Å². The summed E-state index contributed by atoms with van der Waals surface area (Å²) in [5, 5.41) is 4.90. The van der Waals surface area contributed by atoms with Gasteiger partial charge in [0.05, 0.1) is 123 Å². The highest BCUT2D eigenvalue weighted by atomic mass is 16.6. The van der Waals surface area contributed by atoms with Crippen LogP contribution in [0.5, 0.6) is 0 Å². The Morgan fingerprint density at radius 3 is 1.64 bits per heavy atom. The molecule has 3 rings (SSSR count). The van der Waals surface area contributed by atoms with Crippen LogP contribution in [0.25, 0.3) is 0 Å². The topological polar surface area (TPSA) is 196 Å². The Balaban J connectivity index is 1.06. The van der Waals surface area contributed by atoms with E-state index in [1.807, 2.05) is 0 Å². The second-order valence-corrected chi connectivity index (χ2v) is 11.9. The number of nitrogens with one attached hydrogen (secondary N) is 2. The Hall–Kier alpha value is -3.39. The molecule has 1 saturated heterocycles. The lowest BCUT2D eigenvalue weighted by atomic mass is 10.0. The predicted octanol–water partition coefficient (Wildman–Crippen LogP) is 1.37. The molecule has 1 atom stereocenters. The van der Waals surface area contributed by atoms with Crippen molar-refractivity contribution in [3.63, 3.8) is 0 Å². The summed E-state index contributed by atoms with van der Waals surface area (Å²) in [5.74, 6) is -2.71. The minimum Gasteiger partial charge on any atom is -0.382 e. The summed E-state index contributed by atoms with van der Waals surface area (Å²) in [5.41, 5.74) is 0.387. The van der Waals surface area contributed by atoms with Crippen LogP contribution >= 0.6 is 0 Å². The molecular formula is C36H55N3O14. The Morgan fingerprint density at radius 1 is 0.660 bits per heavy atom. The number of benzene rings is 1. The van der Waals surface area contributed by atoms with Gasteiger partial charge in [0.15, 0.2) is 0 Å². The van der Waals surface area contributed by atoms with Crippen molar-refractivity contribution in [1.29, 1.82) is 0 Å². The quantitative estimate of drug-likeness (QED) is 0.0791. The molecule has 53 heavy (non-hydrogen) atoms. The number of anilines is 1. The van der Waals surface area contributed by atoms with E-state index < -0.39 is 29.7 Å². The zero-order chi connectivity index (χ0) is 37.9. The number of ether oxygens (including phenoxy) is 9. The maximum atomic E-state index is 13.2. The van der Waals surface area contributed by atoms with Crippen molar-refractivity contribution in [2.75, 3.05) is 125 Å². The first-order valence-corrected chi connectivity index (χ1v) is 18.2. The average molecular weight is 754 g/mol. The van der Waals surface area contributed by atoms with Gasteiger partial charge in [-0.2, -0.15) is 0 Å². The minimum atomic E-state index is -1.07. The first-order chi connectivity index (χ1) is 25.9. The van der Waals surface area contributed by atoms with Gasteiger partial charge in [-0.3, -0.25) is 34.2 Å². The number of rotatable bonds is 32. The minimum absolute atomic E-state index is 0.0299. The summed E-state index contributed by atoms with van der Waals surface area (Å²) in [4.78, 5) is 63.5. The van der Waals surface area contributed by atoms with Crippen molar-refractivity contribution in [3.8, 4) is 0 Å². The first kappa shape index (κ1) is 44.0. The highest BCUT2D eigenvalue weighted by Crippen LogP contribution is 2.32. The fourth-order valence-corrected chi connectivity index (χ4v) is 5.28. The maximum absolute atomic E-state index is 13.2. The lowest BCUT2D eigenvalue weighted by Gasteiger charge is -2.27. The number of carbonyl (C=O) groups excluding carboxylic acids is 5. The van der Waals surface area contributed by atoms with E-state index in [9.17, 15) is 24.0 Å². The summed E-state index contributed by atoms with van der Waals surface area (Å²) in [7, 11) is 1.63. The molecule has 1 aromatic rings. The zero-order valence-corrected chi connectivity index (χ0v) is 30.7. The van der Waals surface area contributed by atoms with E-state index in [1.54, 1.807) is 19.2 Å². The van der Waals surface area contributed by atoms with Gasteiger partial charge in [-0.15, -0.1) is 0 Å². The molecule has 0 spiro atoms. The second kappa shape index (κ2) is 27.2. The van der Waals surface area contributed by atoms with Gasteiger partial charge in [0.2, 0.25) is 17.7 Å². The normalized spacial score (nSPS) is 15.6. The van der Waals surface area contributed by atoms with Crippen LogP contribution in [0.3, 0.4) is 0 Å². The molecule has 1 unspecified atom stereocenters. The number of amides is 5. The SMILES string of the molecule is COCCOCCOCCOCCOCCOCCOCCOCCOCCCCCC(=O)Nc1cccc2c1C(=O)N(C1CCC(=O)NC1=O)C2=O. The molecule has 2 aliphatic rings. The molecule has 2 aliphatic heterocycles. The Labute approximate surface area is 310 Å². The average Bonchev–Trinajstić information content (AvgIpc) is 3.40. The summed E-state index contributed by atoms with van der Waals surface area (Å²) in [6.07, 6.45) is 2.47. The van der Waals surface area contributed by atoms with E-state index in [-0.39, 0.29) is 42.0 Å². The maximum Gasteiger partial charge on any atom is 0.264 e. The van der Waals surface area contributed by atoms with Gasteiger partial charge >= 0.3 is 0 Å². The van der Waals surface area contributed by atoms with Crippen LogP contribution in [0.1, 0.15) is 59.2 Å². The highest BCUT2D eigenvalue weighted by molar-refractivity contribution is 6.26.